The first-order valence-corrected chi connectivity index (χ1v) is 35.3. The summed E-state index contributed by atoms with van der Waals surface area (Å²) in [4.78, 5) is 12.7. The van der Waals surface area contributed by atoms with Crippen molar-refractivity contribution in [2.24, 2.45) is 17.8 Å². The molecule has 4 unspecified atom stereocenters. The van der Waals surface area contributed by atoms with Crippen molar-refractivity contribution in [2.75, 3.05) is 19.6 Å². The predicted octanol–water partition coefficient (Wildman–Crippen LogP) is 18.2. The number of hydrogen-bond acceptors (Lipinski definition) is 12. The fourth-order valence-corrected chi connectivity index (χ4v) is 12.0. The number of allylic oxidation sites excluding steroid dienone is 4. The third-order valence-corrected chi connectivity index (χ3v) is 17.6. The Hall–Kier alpha value is -9.59. The van der Waals surface area contributed by atoms with Gasteiger partial charge in [-0.25, -0.2) is 14.1 Å². The molecule has 0 N–H and O–H groups in total. The van der Waals surface area contributed by atoms with Gasteiger partial charge in [0.15, 0.2) is 0 Å². The highest BCUT2D eigenvalue weighted by atomic mass is 19.1. The third kappa shape index (κ3) is 19.8. The monoisotopic (exact) mass is 1330 g/mol. The highest BCUT2D eigenvalue weighted by molar-refractivity contribution is 5.79. The zero-order valence-electron chi connectivity index (χ0n) is 60.9. The average Bonchev–Trinajstić information content (AvgIpc) is 1.77. The van der Waals surface area contributed by atoms with Gasteiger partial charge in [-0.3, -0.25) is 19.2 Å². The van der Waals surface area contributed by atoms with E-state index < -0.39 is 0 Å². The van der Waals surface area contributed by atoms with E-state index in [-0.39, 0.29) is 11.9 Å². The summed E-state index contributed by atoms with van der Waals surface area (Å²) in [6, 6.07) is 50.9. The molecule has 6 aromatic carbocycles. The number of benzene rings is 6. The molecular formula is C80H103FN18. The minimum absolute atomic E-state index is 0.173. The van der Waals surface area contributed by atoms with Crippen LogP contribution in [0.3, 0.4) is 0 Å². The van der Waals surface area contributed by atoms with Gasteiger partial charge in [0.2, 0.25) is 5.82 Å². The van der Waals surface area contributed by atoms with Gasteiger partial charge < -0.3 is 4.57 Å². The molecule has 4 atom stereocenters. The Morgan fingerprint density at radius 1 is 0.414 bits per heavy atom. The SMILES string of the molecule is CC(C)N1CC2C=CC=CC2C1.CC(C)N1CCC2C=CC=CC21.CC(C)n1cc2ccccc2n1.CC(C)n1cnc2ccccc21.CC(C)n1nc2ccccc2n1.CC(C)n1ncc2ccccc21.CC(C)n1nnc(-c2ccc(F)cc2)n1.CC(C)n1nnc2ccccc21. The van der Waals surface area contributed by atoms with Crippen LogP contribution in [0.15, 0.2) is 213 Å². The smallest absolute Gasteiger partial charge is 0.204 e. The summed E-state index contributed by atoms with van der Waals surface area (Å²) in [5.41, 5.74) is 9.34. The van der Waals surface area contributed by atoms with E-state index in [1.807, 2.05) is 137 Å². The second-order valence-corrected chi connectivity index (χ2v) is 27.7. The van der Waals surface area contributed by atoms with Gasteiger partial charge in [0.1, 0.15) is 22.4 Å². The van der Waals surface area contributed by atoms with Crippen LogP contribution in [0, 0.1) is 23.6 Å². The molecule has 2 aliphatic heterocycles. The minimum Gasteiger partial charge on any atom is -0.328 e. The van der Waals surface area contributed by atoms with Gasteiger partial charge in [0, 0.05) is 77.9 Å². The number of tetrazole rings is 1. The highest BCUT2D eigenvalue weighted by Crippen LogP contribution is 2.31. The second kappa shape index (κ2) is 35.3. The standard InChI is InChI=1S/2C11H17N.C10H11FN4.3C10H12N2.2C9H11N3/c1-9(2)12-7-10-5-3-4-6-11(10)8-12;1-9(2)12-8-7-10-5-3-4-6-11(10)12;1-7(2)15-13-10(12-14-15)8-3-5-9(11)6-4-8;1-8(2)12-7-11-9-5-3-4-6-10(9)12;1-8(2)12-7-9-5-3-4-6-10(9)11-12;1-8(2)12-10-6-4-3-5-9(10)7-11-12;1-7(2)12-9-6-4-3-5-8(9)10-11-12;1-7(2)12-10-8-5-3-4-6-9(8)11-12/h2*3-6,9-11H,7-8H2,1-2H3;3-7H,1-2H3;3*3-8H,1-2H3;2*3-7H,1-2H3. The summed E-state index contributed by atoms with van der Waals surface area (Å²) < 4.78 is 20.8. The zero-order valence-corrected chi connectivity index (χ0v) is 60.9. The van der Waals surface area contributed by atoms with Crippen LogP contribution >= 0.6 is 0 Å². The Balaban J connectivity index is 0.000000132. The molecule has 0 amide bonds. The number of fused-ring (bicyclic) bond motifs is 7. The van der Waals surface area contributed by atoms with Gasteiger partial charge in [0.25, 0.3) is 0 Å². The summed E-state index contributed by atoms with van der Waals surface area (Å²) >= 11 is 0. The van der Waals surface area contributed by atoms with Crippen LogP contribution in [0.4, 0.5) is 4.39 Å². The largest absolute Gasteiger partial charge is 0.328 e. The number of aromatic nitrogens is 16. The first-order valence-electron chi connectivity index (χ1n) is 35.3. The van der Waals surface area contributed by atoms with Crippen LogP contribution < -0.4 is 0 Å². The van der Waals surface area contributed by atoms with Crippen molar-refractivity contribution < 1.29 is 4.39 Å². The molecule has 2 fully saturated rings. The van der Waals surface area contributed by atoms with Crippen LogP contribution in [0.1, 0.15) is 153 Å². The molecule has 0 radical (unpaired) electrons. The minimum atomic E-state index is -0.269. The van der Waals surface area contributed by atoms with E-state index in [9.17, 15) is 4.39 Å². The molecule has 520 valence electrons. The summed E-state index contributed by atoms with van der Waals surface area (Å²) in [6.07, 6.45) is 25.4. The van der Waals surface area contributed by atoms with Crippen molar-refractivity contribution in [3.8, 4) is 11.4 Å². The van der Waals surface area contributed by atoms with E-state index in [0.717, 1.165) is 56.4 Å². The average molecular weight is 1340 g/mol. The summed E-state index contributed by atoms with van der Waals surface area (Å²) in [5, 5.41) is 39.9. The van der Waals surface area contributed by atoms with Crippen molar-refractivity contribution in [1.82, 2.24) is 89.1 Å². The van der Waals surface area contributed by atoms with Crippen LogP contribution in [0.2, 0.25) is 0 Å². The van der Waals surface area contributed by atoms with Gasteiger partial charge in [-0.05, 0) is 220 Å². The number of para-hydroxylation sites is 4. The molecule has 0 bridgehead atoms. The van der Waals surface area contributed by atoms with Crippen LogP contribution in [0.5, 0.6) is 0 Å². The second-order valence-electron chi connectivity index (χ2n) is 27.7. The number of hydrogen-bond donors (Lipinski definition) is 0. The van der Waals surface area contributed by atoms with Gasteiger partial charge in [0.05, 0.1) is 52.2 Å². The van der Waals surface area contributed by atoms with Crippen molar-refractivity contribution in [3.05, 3.63) is 219 Å². The maximum atomic E-state index is 12.7. The molecule has 6 aromatic heterocycles. The molecule has 2 aliphatic carbocycles. The molecule has 19 heteroatoms. The quantitative estimate of drug-likeness (QED) is 0.134. The summed E-state index contributed by atoms with van der Waals surface area (Å²) in [7, 11) is 0. The molecule has 99 heavy (non-hydrogen) atoms. The molecule has 8 heterocycles. The maximum Gasteiger partial charge on any atom is 0.204 e. The van der Waals surface area contributed by atoms with E-state index in [1.54, 1.807) is 16.9 Å². The molecule has 4 aliphatic rings. The van der Waals surface area contributed by atoms with E-state index in [2.05, 4.69) is 241 Å². The Bertz CT molecular complexity index is 4150. The summed E-state index contributed by atoms with van der Waals surface area (Å²) in [6.45, 7) is 38.0. The third-order valence-electron chi connectivity index (χ3n) is 17.6. The van der Waals surface area contributed by atoms with Crippen molar-refractivity contribution >= 4 is 54.9 Å². The fourth-order valence-electron chi connectivity index (χ4n) is 12.0. The van der Waals surface area contributed by atoms with E-state index in [0.29, 0.717) is 54.2 Å². The number of halogens is 1. The van der Waals surface area contributed by atoms with Crippen LogP contribution in [-0.4, -0.2) is 127 Å². The predicted molar refractivity (Wildman–Crippen MR) is 404 cm³/mol. The Kier molecular flexibility index (Phi) is 26.2. The van der Waals surface area contributed by atoms with Crippen molar-refractivity contribution in [3.63, 3.8) is 0 Å². The van der Waals surface area contributed by atoms with Gasteiger partial charge >= 0.3 is 0 Å². The van der Waals surface area contributed by atoms with Gasteiger partial charge in [-0.2, -0.15) is 30.0 Å². The number of likely N-dealkylation sites (tertiary alicyclic amines) is 2. The maximum absolute atomic E-state index is 12.7. The Labute approximate surface area is 584 Å². The molecule has 0 saturated carbocycles. The molecule has 16 rings (SSSR count). The van der Waals surface area contributed by atoms with E-state index in [4.69, 9.17) is 0 Å². The molecule has 0 spiro atoms. The normalized spacial score (nSPS) is 16.9. The number of nitrogens with zero attached hydrogens (tertiary/aromatic N) is 18. The molecule has 12 aromatic rings. The van der Waals surface area contributed by atoms with Crippen LogP contribution in [-0.2, 0) is 0 Å². The number of rotatable bonds is 9. The first kappa shape index (κ1) is 73.7. The van der Waals surface area contributed by atoms with Gasteiger partial charge in [-0.15, -0.1) is 15.3 Å². The highest BCUT2D eigenvalue weighted by Gasteiger charge is 2.33. The lowest BCUT2D eigenvalue weighted by Gasteiger charge is -2.29. The Morgan fingerprint density at radius 2 is 0.949 bits per heavy atom. The Morgan fingerprint density at radius 3 is 1.51 bits per heavy atom. The number of imidazole rings is 1. The van der Waals surface area contributed by atoms with Gasteiger partial charge in [-0.1, -0.05) is 127 Å². The topological polar surface area (TPSA) is 165 Å². The van der Waals surface area contributed by atoms with Crippen molar-refractivity contribution in [2.45, 2.75) is 172 Å². The lowest BCUT2D eigenvalue weighted by Crippen LogP contribution is -2.36. The lowest BCUT2D eigenvalue weighted by molar-refractivity contribution is 0.223. The van der Waals surface area contributed by atoms with E-state index >= 15 is 0 Å². The molecule has 18 nitrogen and oxygen atoms in total. The summed E-state index contributed by atoms with van der Waals surface area (Å²) in [5.74, 6) is 2.62. The first-order chi connectivity index (χ1) is 47.6. The molecule has 2 saturated heterocycles. The van der Waals surface area contributed by atoms with E-state index in [1.165, 1.54) is 64.8 Å². The lowest BCUT2D eigenvalue weighted by atomic mass is 9.92. The molecular weight excluding hydrogens is 1230 g/mol. The van der Waals surface area contributed by atoms with Crippen LogP contribution in [0.25, 0.3) is 66.3 Å². The fraction of sp³-hybridized carbons (Fsp3) is 0.400. The zero-order chi connectivity index (χ0) is 70.7. The van der Waals surface area contributed by atoms with Crippen molar-refractivity contribution in [1.29, 1.82) is 0 Å².